The van der Waals surface area contributed by atoms with E-state index in [1.165, 1.54) is 12.8 Å². The van der Waals surface area contributed by atoms with Gasteiger partial charge >= 0.3 is 0 Å². The lowest BCUT2D eigenvalue weighted by molar-refractivity contribution is -0.0448. The van der Waals surface area contributed by atoms with Crippen molar-refractivity contribution in [2.75, 3.05) is 6.61 Å². The molecule has 0 spiro atoms. The van der Waals surface area contributed by atoms with Crippen molar-refractivity contribution in [1.82, 2.24) is 0 Å². The normalized spacial score (nSPS) is 49.6. The number of hydrogen-bond donors (Lipinski definition) is 2. The minimum atomic E-state index is -0.0588. The maximum atomic E-state index is 9.53. The van der Waals surface area contributed by atoms with E-state index in [0.717, 1.165) is 12.8 Å². The van der Waals surface area contributed by atoms with Gasteiger partial charge in [0.1, 0.15) is 0 Å². The number of hydrogen-bond acceptors (Lipinski definition) is 2. The molecule has 3 saturated carbocycles. The Labute approximate surface area is 67.2 Å². The average Bonchev–Trinajstić information content (AvgIpc) is 2.05. The second kappa shape index (κ2) is 2.76. The van der Waals surface area contributed by atoms with Crippen LogP contribution in [0.4, 0.5) is 0 Å². The monoisotopic (exact) mass is 156 g/mol. The van der Waals surface area contributed by atoms with E-state index in [1.54, 1.807) is 0 Å². The van der Waals surface area contributed by atoms with Crippen LogP contribution in [0.15, 0.2) is 0 Å². The molecule has 2 nitrogen and oxygen atoms in total. The summed E-state index contributed by atoms with van der Waals surface area (Å²) in [5.41, 5.74) is 0. The van der Waals surface area contributed by atoms with Gasteiger partial charge in [-0.05, 0) is 43.4 Å². The fourth-order valence-corrected chi connectivity index (χ4v) is 2.75. The lowest BCUT2D eigenvalue weighted by atomic mass is 9.63. The van der Waals surface area contributed by atoms with E-state index in [9.17, 15) is 5.11 Å². The molecule has 3 fully saturated rings. The van der Waals surface area contributed by atoms with Crippen LogP contribution in [0.1, 0.15) is 25.7 Å². The van der Waals surface area contributed by atoms with E-state index in [2.05, 4.69) is 0 Å². The zero-order valence-electron chi connectivity index (χ0n) is 6.74. The van der Waals surface area contributed by atoms with Gasteiger partial charge in [0.25, 0.3) is 0 Å². The highest BCUT2D eigenvalue weighted by Crippen LogP contribution is 2.44. The lowest BCUT2D eigenvalue weighted by Gasteiger charge is -2.44. The van der Waals surface area contributed by atoms with Gasteiger partial charge in [-0.3, -0.25) is 0 Å². The predicted octanol–water partition coefficient (Wildman–Crippen LogP) is 0.776. The molecule has 0 unspecified atom stereocenters. The molecule has 0 heterocycles. The van der Waals surface area contributed by atoms with Gasteiger partial charge in [0, 0.05) is 6.61 Å². The van der Waals surface area contributed by atoms with Crippen molar-refractivity contribution in [3.63, 3.8) is 0 Å². The zero-order chi connectivity index (χ0) is 7.84. The lowest BCUT2D eigenvalue weighted by Crippen LogP contribution is -2.41. The molecule has 0 radical (unpaired) electrons. The van der Waals surface area contributed by atoms with Crippen LogP contribution in [0.3, 0.4) is 0 Å². The molecule has 0 saturated heterocycles. The molecule has 64 valence electrons. The SMILES string of the molecule is OC[C@@H]1C[C@H]2CC[C@@H]1C[C@@H]2O. The van der Waals surface area contributed by atoms with Crippen molar-refractivity contribution in [3.05, 3.63) is 0 Å². The quantitative estimate of drug-likeness (QED) is 0.589. The molecule has 3 rings (SSSR count). The first-order valence-electron chi connectivity index (χ1n) is 4.60. The zero-order valence-corrected chi connectivity index (χ0v) is 6.74. The van der Waals surface area contributed by atoms with Gasteiger partial charge in [-0.2, -0.15) is 0 Å². The second-order valence-corrected chi connectivity index (χ2v) is 4.08. The summed E-state index contributed by atoms with van der Waals surface area (Å²) in [6.07, 6.45) is 4.35. The van der Waals surface area contributed by atoms with Crippen molar-refractivity contribution >= 4 is 0 Å². The van der Waals surface area contributed by atoms with Gasteiger partial charge in [0.15, 0.2) is 0 Å². The van der Waals surface area contributed by atoms with Gasteiger partial charge in [-0.25, -0.2) is 0 Å². The molecular formula is C9H16O2. The van der Waals surface area contributed by atoms with Crippen molar-refractivity contribution in [2.45, 2.75) is 31.8 Å². The fourth-order valence-electron chi connectivity index (χ4n) is 2.75. The first-order chi connectivity index (χ1) is 5.31. The number of aliphatic hydroxyl groups is 2. The highest BCUT2D eigenvalue weighted by Gasteiger charge is 2.40. The standard InChI is InChI=1S/C9H16O2/c10-5-8-3-7-2-1-6(8)4-9(7)11/h6-11H,1-5H2/t6-,7-,8+,9+/m1/s1. The summed E-state index contributed by atoms with van der Waals surface area (Å²) in [5, 5.41) is 18.5. The Morgan fingerprint density at radius 2 is 1.82 bits per heavy atom. The molecule has 0 aromatic carbocycles. The van der Waals surface area contributed by atoms with E-state index >= 15 is 0 Å². The Morgan fingerprint density at radius 3 is 2.27 bits per heavy atom. The van der Waals surface area contributed by atoms with Crippen molar-refractivity contribution in [3.8, 4) is 0 Å². The third-order valence-corrected chi connectivity index (χ3v) is 3.50. The Balaban J connectivity index is 2.04. The van der Waals surface area contributed by atoms with Crippen LogP contribution < -0.4 is 0 Å². The van der Waals surface area contributed by atoms with Crippen LogP contribution in [0, 0.1) is 17.8 Å². The van der Waals surface area contributed by atoms with Crippen LogP contribution in [-0.2, 0) is 0 Å². The Bertz CT molecular complexity index is 146. The van der Waals surface area contributed by atoms with Crippen molar-refractivity contribution < 1.29 is 10.2 Å². The van der Waals surface area contributed by atoms with E-state index in [0.29, 0.717) is 24.4 Å². The molecule has 11 heavy (non-hydrogen) atoms. The summed E-state index contributed by atoms with van der Waals surface area (Å²) in [4.78, 5) is 0. The molecule has 4 atom stereocenters. The highest BCUT2D eigenvalue weighted by molar-refractivity contribution is 4.90. The molecule has 0 aromatic heterocycles. The number of fused-ring (bicyclic) bond motifs is 3. The predicted molar refractivity (Wildman–Crippen MR) is 42.0 cm³/mol. The maximum absolute atomic E-state index is 9.53. The molecular weight excluding hydrogens is 140 g/mol. The van der Waals surface area contributed by atoms with Crippen molar-refractivity contribution in [1.29, 1.82) is 0 Å². The minimum Gasteiger partial charge on any atom is -0.396 e. The largest absolute Gasteiger partial charge is 0.396 e. The summed E-state index contributed by atoms with van der Waals surface area (Å²) in [7, 11) is 0. The summed E-state index contributed by atoms with van der Waals surface area (Å²) >= 11 is 0. The first kappa shape index (κ1) is 7.56. The van der Waals surface area contributed by atoms with Crippen LogP contribution in [0.5, 0.6) is 0 Å². The first-order valence-corrected chi connectivity index (χ1v) is 4.60. The molecule has 0 amide bonds. The Kier molecular flexibility index (Phi) is 1.90. The van der Waals surface area contributed by atoms with E-state index in [1.807, 2.05) is 0 Å². The molecule has 3 aliphatic rings. The summed E-state index contributed by atoms with van der Waals surface area (Å²) in [5.74, 6) is 1.61. The summed E-state index contributed by atoms with van der Waals surface area (Å²) < 4.78 is 0. The Morgan fingerprint density at radius 1 is 1.09 bits per heavy atom. The topological polar surface area (TPSA) is 40.5 Å². The molecule has 0 aliphatic heterocycles. The van der Waals surface area contributed by atoms with Gasteiger partial charge in [-0.15, -0.1) is 0 Å². The second-order valence-electron chi connectivity index (χ2n) is 4.08. The van der Waals surface area contributed by atoms with Crippen molar-refractivity contribution in [2.24, 2.45) is 17.8 Å². The van der Waals surface area contributed by atoms with Gasteiger partial charge in [0.2, 0.25) is 0 Å². The molecule has 2 bridgehead atoms. The van der Waals surface area contributed by atoms with Crippen LogP contribution in [0.2, 0.25) is 0 Å². The van der Waals surface area contributed by atoms with Crippen LogP contribution in [-0.4, -0.2) is 22.9 Å². The van der Waals surface area contributed by atoms with E-state index in [4.69, 9.17) is 5.11 Å². The molecule has 3 aliphatic carbocycles. The van der Waals surface area contributed by atoms with Gasteiger partial charge < -0.3 is 10.2 Å². The van der Waals surface area contributed by atoms with E-state index < -0.39 is 0 Å². The number of rotatable bonds is 1. The van der Waals surface area contributed by atoms with Gasteiger partial charge in [0.05, 0.1) is 6.10 Å². The fraction of sp³-hybridized carbons (Fsp3) is 1.00. The summed E-state index contributed by atoms with van der Waals surface area (Å²) in [6, 6.07) is 0. The van der Waals surface area contributed by atoms with Crippen LogP contribution in [0.25, 0.3) is 0 Å². The Hall–Kier alpha value is -0.0800. The van der Waals surface area contributed by atoms with E-state index in [-0.39, 0.29) is 6.10 Å². The molecule has 2 N–H and O–H groups in total. The average molecular weight is 156 g/mol. The third-order valence-electron chi connectivity index (χ3n) is 3.50. The highest BCUT2D eigenvalue weighted by atomic mass is 16.3. The van der Waals surface area contributed by atoms with Crippen LogP contribution >= 0.6 is 0 Å². The maximum Gasteiger partial charge on any atom is 0.0571 e. The molecule has 0 aromatic rings. The summed E-state index contributed by atoms with van der Waals surface area (Å²) in [6.45, 7) is 0.327. The molecule has 2 heteroatoms. The number of aliphatic hydroxyl groups excluding tert-OH is 2. The third kappa shape index (κ3) is 1.18. The minimum absolute atomic E-state index is 0.0588. The smallest absolute Gasteiger partial charge is 0.0571 e. The van der Waals surface area contributed by atoms with Gasteiger partial charge in [-0.1, -0.05) is 0 Å².